The maximum Gasteiger partial charge on any atom is 0.306 e. The Kier molecular flexibility index (Phi) is 7.94. The summed E-state index contributed by atoms with van der Waals surface area (Å²) in [6, 6.07) is 14.9. The standard InChI is InChI=1S/C23H26N2O5S/c1-3-29-19-11-6-5-10-18(19)25-21(27)15-31-23(25)16-8-7-9-17(14-16)24-20(26)12-13-22(28)30-4-2/h5-11,14,23H,3-4,12-13,15H2,1-2H3,(H,24,26)/t23-/m0/s1. The predicted molar refractivity (Wildman–Crippen MR) is 121 cm³/mol. The largest absolute Gasteiger partial charge is 0.492 e. The normalized spacial score (nSPS) is 15.6. The molecule has 2 aromatic carbocycles. The Hall–Kier alpha value is -3.00. The lowest BCUT2D eigenvalue weighted by Gasteiger charge is -2.26. The molecule has 164 valence electrons. The zero-order valence-corrected chi connectivity index (χ0v) is 18.4. The molecule has 1 saturated heterocycles. The third-order valence-electron chi connectivity index (χ3n) is 4.61. The van der Waals surface area contributed by atoms with Crippen LogP contribution >= 0.6 is 11.8 Å². The van der Waals surface area contributed by atoms with Crippen molar-refractivity contribution >= 4 is 40.9 Å². The molecule has 3 rings (SSSR count). The van der Waals surface area contributed by atoms with Crippen molar-refractivity contribution in [1.82, 2.24) is 0 Å². The molecule has 8 heteroatoms. The van der Waals surface area contributed by atoms with Crippen molar-refractivity contribution in [3.05, 3.63) is 54.1 Å². The first-order valence-electron chi connectivity index (χ1n) is 10.2. The van der Waals surface area contributed by atoms with Gasteiger partial charge < -0.3 is 14.8 Å². The van der Waals surface area contributed by atoms with E-state index in [2.05, 4.69) is 5.32 Å². The monoisotopic (exact) mass is 442 g/mol. The maximum atomic E-state index is 12.7. The zero-order chi connectivity index (χ0) is 22.2. The van der Waals surface area contributed by atoms with Crippen LogP contribution in [-0.4, -0.2) is 36.8 Å². The molecule has 0 saturated carbocycles. The van der Waals surface area contributed by atoms with Crippen LogP contribution in [0.3, 0.4) is 0 Å². The molecule has 1 atom stereocenters. The van der Waals surface area contributed by atoms with Crippen molar-refractivity contribution in [2.24, 2.45) is 0 Å². The average Bonchev–Trinajstić information content (AvgIpc) is 3.15. The maximum absolute atomic E-state index is 12.7. The topological polar surface area (TPSA) is 84.9 Å². The van der Waals surface area contributed by atoms with E-state index in [0.717, 1.165) is 11.3 Å². The molecule has 0 aliphatic carbocycles. The lowest BCUT2D eigenvalue weighted by Crippen LogP contribution is -2.28. The van der Waals surface area contributed by atoms with E-state index in [4.69, 9.17) is 9.47 Å². The summed E-state index contributed by atoms with van der Waals surface area (Å²) in [7, 11) is 0. The molecule has 0 bridgehead atoms. The van der Waals surface area contributed by atoms with Crippen molar-refractivity contribution in [2.45, 2.75) is 32.1 Å². The van der Waals surface area contributed by atoms with Gasteiger partial charge >= 0.3 is 5.97 Å². The predicted octanol–water partition coefficient (Wildman–Crippen LogP) is 4.15. The quantitative estimate of drug-likeness (QED) is 0.588. The minimum atomic E-state index is -0.393. The van der Waals surface area contributed by atoms with Gasteiger partial charge in [-0.1, -0.05) is 24.3 Å². The summed E-state index contributed by atoms with van der Waals surface area (Å²) in [5.74, 6) is 0.372. The Morgan fingerprint density at radius 3 is 2.68 bits per heavy atom. The van der Waals surface area contributed by atoms with Gasteiger partial charge in [0.2, 0.25) is 11.8 Å². The SMILES string of the molecule is CCOC(=O)CCC(=O)Nc1cccc([C@@H]2SCC(=O)N2c2ccccc2OCC)c1. The highest BCUT2D eigenvalue weighted by atomic mass is 32.2. The van der Waals surface area contributed by atoms with Crippen LogP contribution in [0, 0.1) is 0 Å². The number of nitrogens with zero attached hydrogens (tertiary/aromatic N) is 1. The Labute approximate surface area is 186 Å². The van der Waals surface area contributed by atoms with Gasteiger partial charge in [0.1, 0.15) is 11.1 Å². The number of carbonyl (C=O) groups is 3. The molecule has 1 aliphatic heterocycles. The fourth-order valence-electron chi connectivity index (χ4n) is 3.31. The molecule has 1 fully saturated rings. The van der Waals surface area contributed by atoms with Crippen molar-refractivity contribution in [3.63, 3.8) is 0 Å². The molecule has 0 spiro atoms. The van der Waals surface area contributed by atoms with E-state index in [1.54, 1.807) is 17.9 Å². The summed E-state index contributed by atoms with van der Waals surface area (Å²) in [6.07, 6.45) is 0.0852. The van der Waals surface area contributed by atoms with E-state index in [0.29, 0.717) is 30.4 Å². The van der Waals surface area contributed by atoms with Crippen LogP contribution < -0.4 is 15.0 Å². The number of carbonyl (C=O) groups excluding carboxylic acids is 3. The van der Waals surface area contributed by atoms with E-state index >= 15 is 0 Å². The molecular formula is C23H26N2O5S. The highest BCUT2D eigenvalue weighted by Gasteiger charge is 2.35. The second kappa shape index (κ2) is 10.9. The molecule has 0 radical (unpaired) electrons. The first-order chi connectivity index (χ1) is 15.0. The molecule has 7 nitrogen and oxygen atoms in total. The lowest BCUT2D eigenvalue weighted by molar-refractivity contribution is -0.144. The Bertz CT molecular complexity index is 949. The number of hydrogen-bond donors (Lipinski definition) is 1. The zero-order valence-electron chi connectivity index (χ0n) is 17.6. The lowest BCUT2D eigenvalue weighted by atomic mass is 10.1. The molecule has 31 heavy (non-hydrogen) atoms. The Balaban J connectivity index is 1.76. The first-order valence-corrected chi connectivity index (χ1v) is 11.3. The van der Waals surface area contributed by atoms with E-state index < -0.39 is 5.97 Å². The number of ether oxygens (including phenoxy) is 2. The molecular weight excluding hydrogens is 416 g/mol. The van der Waals surface area contributed by atoms with Crippen molar-refractivity contribution in [3.8, 4) is 5.75 Å². The van der Waals surface area contributed by atoms with Crippen LogP contribution in [0.2, 0.25) is 0 Å². The van der Waals surface area contributed by atoms with Crippen LogP contribution in [0.15, 0.2) is 48.5 Å². The summed E-state index contributed by atoms with van der Waals surface area (Å²) >= 11 is 1.53. The highest BCUT2D eigenvalue weighted by Crippen LogP contribution is 2.45. The van der Waals surface area contributed by atoms with Crippen LogP contribution in [0.25, 0.3) is 0 Å². The Morgan fingerprint density at radius 2 is 1.90 bits per heavy atom. The smallest absolute Gasteiger partial charge is 0.306 e. The van der Waals surface area contributed by atoms with E-state index in [-0.39, 0.29) is 30.0 Å². The number of hydrogen-bond acceptors (Lipinski definition) is 6. The number of para-hydroxylation sites is 2. The van der Waals surface area contributed by atoms with E-state index in [1.807, 2.05) is 49.4 Å². The van der Waals surface area contributed by atoms with E-state index in [9.17, 15) is 14.4 Å². The second-order valence-corrected chi connectivity index (χ2v) is 7.88. The summed E-state index contributed by atoms with van der Waals surface area (Å²) in [5.41, 5.74) is 2.24. The summed E-state index contributed by atoms with van der Waals surface area (Å²) in [4.78, 5) is 38.1. The van der Waals surface area contributed by atoms with Gasteiger partial charge in [-0.2, -0.15) is 0 Å². The fraction of sp³-hybridized carbons (Fsp3) is 0.348. The molecule has 2 aromatic rings. The van der Waals surface area contributed by atoms with Gasteiger partial charge in [-0.3, -0.25) is 19.3 Å². The minimum absolute atomic E-state index is 0.00558. The second-order valence-electron chi connectivity index (χ2n) is 6.81. The van der Waals surface area contributed by atoms with E-state index in [1.165, 1.54) is 11.8 Å². The third-order valence-corrected chi connectivity index (χ3v) is 5.82. The Morgan fingerprint density at radius 1 is 1.10 bits per heavy atom. The van der Waals surface area contributed by atoms with Crippen molar-refractivity contribution in [2.75, 3.05) is 29.2 Å². The van der Waals surface area contributed by atoms with Crippen molar-refractivity contribution < 1.29 is 23.9 Å². The molecule has 2 amide bonds. The molecule has 1 N–H and O–H groups in total. The number of anilines is 2. The number of benzene rings is 2. The average molecular weight is 443 g/mol. The minimum Gasteiger partial charge on any atom is -0.492 e. The first kappa shape index (κ1) is 22.7. The molecule has 0 aromatic heterocycles. The summed E-state index contributed by atoms with van der Waals surface area (Å²) < 4.78 is 10.6. The number of esters is 1. The third kappa shape index (κ3) is 5.79. The summed E-state index contributed by atoms with van der Waals surface area (Å²) in [5, 5.41) is 2.59. The van der Waals surface area contributed by atoms with Crippen LogP contribution in [0.4, 0.5) is 11.4 Å². The number of nitrogens with one attached hydrogen (secondary N) is 1. The number of thioether (sulfide) groups is 1. The van der Waals surface area contributed by atoms with Crippen LogP contribution in [0.1, 0.15) is 37.6 Å². The van der Waals surface area contributed by atoms with Gasteiger partial charge in [-0.15, -0.1) is 11.8 Å². The number of amides is 2. The number of rotatable bonds is 9. The van der Waals surface area contributed by atoms with Gasteiger partial charge in [0.05, 0.1) is 31.1 Å². The van der Waals surface area contributed by atoms with Crippen molar-refractivity contribution in [1.29, 1.82) is 0 Å². The molecule has 1 aliphatic rings. The summed E-state index contributed by atoms with van der Waals surface area (Å²) in [6.45, 7) is 4.43. The highest BCUT2D eigenvalue weighted by molar-refractivity contribution is 8.00. The van der Waals surface area contributed by atoms with Gasteiger partial charge in [0.25, 0.3) is 0 Å². The molecule has 0 unspecified atom stereocenters. The van der Waals surface area contributed by atoms with Gasteiger partial charge in [-0.25, -0.2) is 0 Å². The van der Waals surface area contributed by atoms with Gasteiger partial charge in [-0.05, 0) is 43.7 Å². The van der Waals surface area contributed by atoms with Gasteiger partial charge in [0, 0.05) is 12.1 Å². The van der Waals surface area contributed by atoms with Crippen LogP contribution in [-0.2, 0) is 19.1 Å². The fourth-order valence-corrected chi connectivity index (χ4v) is 4.47. The van der Waals surface area contributed by atoms with Gasteiger partial charge in [0.15, 0.2) is 0 Å². The van der Waals surface area contributed by atoms with Crippen LogP contribution in [0.5, 0.6) is 5.75 Å². The molecule has 1 heterocycles.